The summed E-state index contributed by atoms with van der Waals surface area (Å²) in [5.74, 6) is 0.615. The maximum atomic E-state index is 6.01. The third-order valence-corrected chi connectivity index (χ3v) is 5.25. The Labute approximate surface area is 119 Å². The molecule has 0 saturated carbocycles. The Balaban J connectivity index is 2.01. The number of likely N-dealkylation sites (tertiary alicyclic amines) is 1. The number of benzene rings is 1. The van der Waals surface area contributed by atoms with Gasteiger partial charge in [-0.3, -0.25) is 4.90 Å². The van der Waals surface area contributed by atoms with Crippen LogP contribution in [0.5, 0.6) is 0 Å². The van der Waals surface area contributed by atoms with Gasteiger partial charge in [-0.1, -0.05) is 25.1 Å². The van der Waals surface area contributed by atoms with E-state index in [1.54, 1.807) is 0 Å². The molecular weight excluding hydrogens is 252 g/mol. The van der Waals surface area contributed by atoms with E-state index in [9.17, 15) is 0 Å². The minimum absolute atomic E-state index is 0.529. The minimum Gasteiger partial charge on any atom is -0.330 e. The molecule has 0 spiro atoms. The lowest BCUT2D eigenvalue weighted by atomic mass is 9.93. The Bertz CT molecular complexity index is 548. The SMILES string of the molecule is CCCN1CCC(CN)C1c1csc2ccccc12. The quantitative estimate of drug-likeness (QED) is 0.922. The number of nitrogens with zero attached hydrogens (tertiary/aromatic N) is 1. The third-order valence-electron chi connectivity index (χ3n) is 4.27. The molecule has 3 heteroatoms. The summed E-state index contributed by atoms with van der Waals surface area (Å²) in [5, 5.41) is 3.78. The highest BCUT2D eigenvalue weighted by atomic mass is 32.1. The Hall–Kier alpha value is -0.900. The van der Waals surface area contributed by atoms with E-state index in [0.29, 0.717) is 12.0 Å². The number of nitrogens with two attached hydrogens (primary N) is 1. The molecule has 102 valence electrons. The summed E-state index contributed by atoms with van der Waals surface area (Å²) < 4.78 is 1.40. The second-order valence-electron chi connectivity index (χ2n) is 5.45. The van der Waals surface area contributed by atoms with E-state index >= 15 is 0 Å². The summed E-state index contributed by atoms with van der Waals surface area (Å²) in [5.41, 5.74) is 7.51. The molecule has 1 fully saturated rings. The highest BCUT2D eigenvalue weighted by molar-refractivity contribution is 7.17. The van der Waals surface area contributed by atoms with Gasteiger partial charge in [0.05, 0.1) is 0 Å². The smallest absolute Gasteiger partial charge is 0.0403 e. The van der Waals surface area contributed by atoms with Gasteiger partial charge in [-0.25, -0.2) is 0 Å². The van der Waals surface area contributed by atoms with Crippen molar-refractivity contribution in [3.8, 4) is 0 Å². The maximum Gasteiger partial charge on any atom is 0.0403 e. The zero-order valence-corrected chi connectivity index (χ0v) is 12.3. The summed E-state index contributed by atoms with van der Waals surface area (Å²) >= 11 is 1.87. The highest BCUT2D eigenvalue weighted by Gasteiger charge is 2.34. The first-order valence-electron chi connectivity index (χ1n) is 7.25. The summed E-state index contributed by atoms with van der Waals surface area (Å²) in [6, 6.07) is 9.29. The zero-order valence-electron chi connectivity index (χ0n) is 11.5. The van der Waals surface area contributed by atoms with Crippen molar-refractivity contribution in [2.75, 3.05) is 19.6 Å². The number of thiophene rings is 1. The lowest BCUT2D eigenvalue weighted by molar-refractivity contribution is 0.232. The van der Waals surface area contributed by atoms with Crippen LogP contribution in [-0.2, 0) is 0 Å². The van der Waals surface area contributed by atoms with Crippen LogP contribution in [0.1, 0.15) is 31.4 Å². The molecule has 2 aromatic rings. The molecule has 1 saturated heterocycles. The van der Waals surface area contributed by atoms with Crippen molar-refractivity contribution in [3.63, 3.8) is 0 Å². The van der Waals surface area contributed by atoms with E-state index in [-0.39, 0.29) is 0 Å². The van der Waals surface area contributed by atoms with Gasteiger partial charge in [-0.2, -0.15) is 0 Å². The summed E-state index contributed by atoms with van der Waals surface area (Å²) in [6.45, 7) is 5.45. The normalized spacial score (nSPS) is 24.3. The molecular formula is C16H22N2S. The first kappa shape index (κ1) is 13.1. The topological polar surface area (TPSA) is 29.3 Å². The van der Waals surface area contributed by atoms with Crippen molar-refractivity contribution in [1.29, 1.82) is 0 Å². The Morgan fingerprint density at radius 3 is 3.00 bits per heavy atom. The van der Waals surface area contributed by atoms with Gasteiger partial charge in [0.15, 0.2) is 0 Å². The molecule has 2 nitrogen and oxygen atoms in total. The summed E-state index contributed by atoms with van der Waals surface area (Å²) in [4.78, 5) is 2.63. The lowest BCUT2D eigenvalue weighted by Gasteiger charge is -2.27. The standard InChI is InChI=1S/C16H22N2S/c1-2-8-18-9-7-12(10-17)16(18)14-11-19-15-6-4-3-5-13(14)15/h3-6,11-12,16H,2,7-10,17H2,1H3. The molecule has 3 rings (SSSR count). The van der Waals surface area contributed by atoms with Gasteiger partial charge in [0.25, 0.3) is 0 Å². The van der Waals surface area contributed by atoms with E-state index in [0.717, 1.165) is 6.54 Å². The van der Waals surface area contributed by atoms with Gasteiger partial charge in [0.1, 0.15) is 0 Å². The average Bonchev–Trinajstić information content (AvgIpc) is 3.02. The van der Waals surface area contributed by atoms with E-state index in [1.807, 2.05) is 11.3 Å². The second kappa shape index (κ2) is 5.61. The minimum atomic E-state index is 0.529. The van der Waals surface area contributed by atoms with Crippen LogP contribution in [0, 0.1) is 5.92 Å². The van der Waals surface area contributed by atoms with Crippen molar-refractivity contribution in [1.82, 2.24) is 4.90 Å². The molecule has 0 amide bonds. The van der Waals surface area contributed by atoms with Crippen molar-refractivity contribution in [2.24, 2.45) is 11.7 Å². The molecule has 0 radical (unpaired) electrons. The van der Waals surface area contributed by atoms with Crippen LogP contribution in [0.4, 0.5) is 0 Å². The van der Waals surface area contributed by atoms with Gasteiger partial charge >= 0.3 is 0 Å². The van der Waals surface area contributed by atoms with Gasteiger partial charge in [-0.05, 0) is 60.8 Å². The van der Waals surface area contributed by atoms with Crippen LogP contribution in [-0.4, -0.2) is 24.5 Å². The molecule has 0 aliphatic carbocycles. The first-order valence-corrected chi connectivity index (χ1v) is 8.13. The first-order chi connectivity index (χ1) is 9.35. The number of fused-ring (bicyclic) bond motifs is 1. The van der Waals surface area contributed by atoms with Gasteiger partial charge < -0.3 is 5.73 Å². The van der Waals surface area contributed by atoms with Crippen LogP contribution in [0.2, 0.25) is 0 Å². The Morgan fingerprint density at radius 1 is 1.37 bits per heavy atom. The molecule has 1 aliphatic heterocycles. The molecule has 1 aliphatic rings. The van der Waals surface area contributed by atoms with Crippen molar-refractivity contribution >= 4 is 21.4 Å². The highest BCUT2D eigenvalue weighted by Crippen LogP contribution is 2.41. The van der Waals surface area contributed by atoms with Gasteiger partial charge in [0, 0.05) is 10.7 Å². The van der Waals surface area contributed by atoms with E-state index in [1.165, 1.54) is 41.6 Å². The van der Waals surface area contributed by atoms with Crippen LogP contribution >= 0.6 is 11.3 Å². The van der Waals surface area contributed by atoms with Crippen LogP contribution in [0.3, 0.4) is 0 Å². The predicted molar refractivity (Wildman–Crippen MR) is 83.6 cm³/mol. The van der Waals surface area contributed by atoms with Crippen molar-refractivity contribution in [2.45, 2.75) is 25.8 Å². The molecule has 0 bridgehead atoms. The fourth-order valence-corrected chi connectivity index (χ4v) is 4.38. The van der Waals surface area contributed by atoms with Crippen LogP contribution < -0.4 is 5.73 Å². The fourth-order valence-electron chi connectivity index (χ4n) is 3.39. The van der Waals surface area contributed by atoms with Crippen LogP contribution in [0.15, 0.2) is 29.6 Å². The van der Waals surface area contributed by atoms with E-state index in [2.05, 4.69) is 41.5 Å². The number of hydrogen-bond acceptors (Lipinski definition) is 3. The van der Waals surface area contributed by atoms with Gasteiger partial charge in [-0.15, -0.1) is 11.3 Å². The molecule has 2 unspecified atom stereocenters. The number of rotatable bonds is 4. The molecule has 2 atom stereocenters. The fraction of sp³-hybridized carbons (Fsp3) is 0.500. The second-order valence-corrected chi connectivity index (χ2v) is 6.36. The molecule has 1 aromatic heterocycles. The summed E-state index contributed by atoms with van der Waals surface area (Å²) in [6.07, 6.45) is 2.46. The molecule has 1 aromatic carbocycles. The average molecular weight is 274 g/mol. The Morgan fingerprint density at radius 2 is 2.21 bits per heavy atom. The number of hydrogen-bond donors (Lipinski definition) is 1. The lowest BCUT2D eigenvalue weighted by Crippen LogP contribution is -2.28. The van der Waals surface area contributed by atoms with E-state index in [4.69, 9.17) is 5.73 Å². The van der Waals surface area contributed by atoms with Crippen LogP contribution in [0.25, 0.3) is 10.1 Å². The molecule has 2 heterocycles. The largest absolute Gasteiger partial charge is 0.330 e. The summed E-state index contributed by atoms with van der Waals surface area (Å²) in [7, 11) is 0. The van der Waals surface area contributed by atoms with Crippen molar-refractivity contribution < 1.29 is 0 Å². The molecule has 2 N–H and O–H groups in total. The monoisotopic (exact) mass is 274 g/mol. The van der Waals surface area contributed by atoms with Crippen molar-refractivity contribution in [3.05, 3.63) is 35.2 Å². The predicted octanol–water partition coefficient (Wildman–Crippen LogP) is 3.63. The Kier molecular flexibility index (Phi) is 3.87. The molecule has 19 heavy (non-hydrogen) atoms. The zero-order chi connectivity index (χ0) is 13.2. The third kappa shape index (κ3) is 2.31. The maximum absolute atomic E-state index is 6.01. The van der Waals surface area contributed by atoms with E-state index < -0.39 is 0 Å². The van der Waals surface area contributed by atoms with Gasteiger partial charge in [0.2, 0.25) is 0 Å².